The average Bonchev–Trinajstić information content (AvgIpc) is 2.74. The Hall–Kier alpha value is -2.59. The number of nitriles is 1. The second kappa shape index (κ2) is 8.42. The largest absolute Gasteiger partial charge is 0.393 e. The Balaban J connectivity index is 1.67. The van der Waals surface area contributed by atoms with Gasteiger partial charge in [-0.2, -0.15) is 5.26 Å². The molecule has 0 amide bonds. The van der Waals surface area contributed by atoms with Crippen molar-refractivity contribution in [3.63, 3.8) is 0 Å². The molecule has 0 spiro atoms. The van der Waals surface area contributed by atoms with Crippen LogP contribution in [0.4, 0.5) is 11.6 Å². The summed E-state index contributed by atoms with van der Waals surface area (Å²) in [4.78, 5) is 2.14. The summed E-state index contributed by atoms with van der Waals surface area (Å²) in [7, 11) is 0. The highest BCUT2D eigenvalue weighted by molar-refractivity contribution is 6.42. The van der Waals surface area contributed by atoms with Crippen molar-refractivity contribution in [3.8, 4) is 6.07 Å². The molecule has 1 aromatic heterocycles. The molecule has 0 aliphatic carbocycles. The molecule has 1 aliphatic rings. The van der Waals surface area contributed by atoms with Gasteiger partial charge >= 0.3 is 0 Å². The van der Waals surface area contributed by atoms with Gasteiger partial charge in [-0.1, -0.05) is 29.3 Å². The Morgan fingerprint density at radius 2 is 1.86 bits per heavy atom. The van der Waals surface area contributed by atoms with Gasteiger partial charge in [0.15, 0.2) is 11.6 Å². The van der Waals surface area contributed by atoms with Crippen molar-refractivity contribution in [2.75, 3.05) is 23.3 Å². The molecule has 0 radical (unpaired) electrons. The smallest absolute Gasteiger partial charge is 0.159 e. The number of aliphatic hydroxyl groups is 1. The van der Waals surface area contributed by atoms with E-state index in [1.807, 2.05) is 18.2 Å². The fourth-order valence-corrected chi connectivity index (χ4v) is 3.81. The number of nitrogens with zero attached hydrogens (tertiary/aromatic N) is 4. The van der Waals surface area contributed by atoms with Crippen LogP contribution >= 0.6 is 23.2 Å². The minimum Gasteiger partial charge on any atom is -0.393 e. The molecule has 1 fully saturated rings. The predicted octanol–water partition coefficient (Wildman–Crippen LogP) is 4.38. The zero-order valence-corrected chi connectivity index (χ0v) is 17.1. The first kappa shape index (κ1) is 19.7. The highest BCUT2D eigenvalue weighted by atomic mass is 35.5. The maximum atomic E-state index is 9.79. The van der Waals surface area contributed by atoms with Crippen LogP contribution in [-0.2, 0) is 6.54 Å². The molecule has 3 aromatic rings. The van der Waals surface area contributed by atoms with E-state index in [-0.39, 0.29) is 6.10 Å². The maximum absolute atomic E-state index is 9.79. The zero-order chi connectivity index (χ0) is 20.4. The summed E-state index contributed by atoms with van der Waals surface area (Å²) in [5.74, 6) is 1.38. The minimum absolute atomic E-state index is 0.261. The lowest BCUT2D eigenvalue weighted by atomic mass is 10.1. The SMILES string of the molecule is N#Cc1ccc2c(N3CCC(O)CC3)nnc(NCc3ccc(Cl)c(Cl)c3)c2c1. The van der Waals surface area contributed by atoms with E-state index in [2.05, 4.69) is 26.5 Å². The number of nitrogens with one attached hydrogen (secondary N) is 1. The monoisotopic (exact) mass is 427 g/mol. The van der Waals surface area contributed by atoms with Gasteiger partial charge in [0.25, 0.3) is 0 Å². The van der Waals surface area contributed by atoms with Crippen LogP contribution in [0.3, 0.4) is 0 Å². The summed E-state index contributed by atoms with van der Waals surface area (Å²) in [6.45, 7) is 1.94. The molecule has 0 saturated carbocycles. The zero-order valence-electron chi connectivity index (χ0n) is 15.6. The first-order valence-corrected chi connectivity index (χ1v) is 10.1. The van der Waals surface area contributed by atoms with Gasteiger partial charge in [0.05, 0.1) is 27.8 Å². The number of aromatic nitrogens is 2. The molecule has 29 heavy (non-hydrogen) atoms. The number of anilines is 2. The molecule has 8 heteroatoms. The van der Waals surface area contributed by atoms with Crippen molar-refractivity contribution in [2.45, 2.75) is 25.5 Å². The Bertz CT molecular complexity index is 1090. The van der Waals surface area contributed by atoms with E-state index in [1.165, 1.54) is 0 Å². The third-order valence-electron chi connectivity index (χ3n) is 5.10. The highest BCUT2D eigenvalue weighted by Gasteiger charge is 2.21. The van der Waals surface area contributed by atoms with Gasteiger partial charge in [0, 0.05) is 30.4 Å². The van der Waals surface area contributed by atoms with E-state index in [9.17, 15) is 10.4 Å². The molecule has 2 N–H and O–H groups in total. The van der Waals surface area contributed by atoms with Gasteiger partial charge in [-0.3, -0.25) is 0 Å². The first-order valence-electron chi connectivity index (χ1n) is 9.36. The predicted molar refractivity (Wildman–Crippen MR) is 115 cm³/mol. The first-order chi connectivity index (χ1) is 14.0. The van der Waals surface area contributed by atoms with E-state index in [4.69, 9.17) is 23.2 Å². The summed E-state index contributed by atoms with van der Waals surface area (Å²) in [6.07, 6.45) is 1.15. The minimum atomic E-state index is -0.261. The number of hydrogen-bond acceptors (Lipinski definition) is 6. The van der Waals surface area contributed by atoms with E-state index in [0.717, 1.165) is 35.2 Å². The van der Waals surface area contributed by atoms with E-state index >= 15 is 0 Å². The van der Waals surface area contributed by atoms with Crippen LogP contribution in [0.1, 0.15) is 24.0 Å². The second-order valence-electron chi connectivity index (χ2n) is 7.06. The van der Waals surface area contributed by atoms with Crippen molar-refractivity contribution in [3.05, 3.63) is 57.6 Å². The average molecular weight is 428 g/mol. The molecule has 6 nitrogen and oxygen atoms in total. The van der Waals surface area contributed by atoms with E-state index in [1.54, 1.807) is 18.2 Å². The molecule has 2 aromatic carbocycles. The molecule has 148 valence electrons. The van der Waals surface area contributed by atoms with Gasteiger partial charge in [0.2, 0.25) is 0 Å². The Kier molecular flexibility index (Phi) is 5.72. The third kappa shape index (κ3) is 4.23. The van der Waals surface area contributed by atoms with Crippen LogP contribution in [-0.4, -0.2) is 34.5 Å². The van der Waals surface area contributed by atoms with Crippen molar-refractivity contribution >= 4 is 45.6 Å². The van der Waals surface area contributed by atoms with Crippen molar-refractivity contribution in [1.82, 2.24) is 10.2 Å². The van der Waals surface area contributed by atoms with Gasteiger partial charge in [-0.25, -0.2) is 0 Å². The topological polar surface area (TPSA) is 85.1 Å². The van der Waals surface area contributed by atoms with Gasteiger partial charge < -0.3 is 15.3 Å². The summed E-state index contributed by atoms with van der Waals surface area (Å²) in [5.41, 5.74) is 1.52. The van der Waals surface area contributed by atoms with Crippen molar-refractivity contribution < 1.29 is 5.11 Å². The van der Waals surface area contributed by atoms with E-state index < -0.39 is 0 Å². The highest BCUT2D eigenvalue weighted by Crippen LogP contribution is 2.31. The molecule has 1 aliphatic heterocycles. The molecular formula is C21H19Cl2N5O. The molecule has 2 heterocycles. The van der Waals surface area contributed by atoms with Crippen LogP contribution in [0, 0.1) is 11.3 Å². The summed E-state index contributed by atoms with van der Waals surface area (Å²) in [6, 6.07) is 13.2. The molecule has 0 bridgehead atoms. The summed E-state index contributed by atoms with van der Waals surface area (Å²) >= 11 is 12.1. The van der Waals surface area contributed by atoms with Crippen molar-refractivity contribution in [1.29, 1.82) is 5.26 Å². The summed E-state index contributed by atoms with van der Waals surface area (Å²) in [5, 5.41) is 34.0. The maximum Gasteiger partial charge on any atom is 0.159 e. The lowest BCUT2D eigenvalue weighted by molar-refractivity contribution is 0.145. The number of halogens is 2. The van der Waals surface area contributed by atoms with Crippen LogP contribution in [0.15, 0.2) is 36.4 Å². The second-order valence-corrected chi connectivity index (χ2v) is 7.88. The van der Waals surface area contributed by atoms with Gasteiger partial charge in [0.1, 0.15) is 0 Å². The lowest BCUT2D eigenvalue weighted by Gasteiger charge is -2.31. The van der Waals surface area contributed by atoms with Crippen molar-refractivity contribution in [2.24, 2.45) is 0 Å². The molecule has 4 rings (SSSR count). The quantitative estimate of drug-likeness (QED) is 0.642. The van der Waals surface area contributed by atoms with Crippen LogP contribution in [0.2, 0.25) is 10.0 Å². The molecular weight excluding hydrogens is 409 g/mol. The number of rotatable bonds is 4. The molecule has 1 saturated heterocycles. The van der Waals surface area contributed by atoms with Crippen LogP contribution in [0.5, 0.6) is 0 Å². The summed E-state index contributed by atoms with van der Waals surface area (Å²) < 4.78 is 0. The number of hydrogen-bond donors (Lipinski definition) is 2. The lowest BCUT2D eigenvalue weighted by Crippen LogP contribution is -2.36. The Morgan fingerprint density at radius 1 is 1.07 bits per heavy atom. The number of aliphatic hydroxyl groups excluding tert-OH is 1. The normalized spacial score (nSPS) is 14.8. The fourth-order valence-electron chi connectivity index (χ4n) is 3.49. The molecule has 0 atom stereocenters. The third-order valence-corrected chi connectivity index (χ3v) is 5.84. The van der Waals surface area contributed by atoms with Crippen LogP contribution in [0.25, 0.3) is 10.8 Å². The molecule has 0 unspecified atom stereocenters. The number of fused-ring (bicyclic) bond motifs is 1. The Morgan fingerprint density at radius 3 is 2.59 bits per heavy atom. The number of piperidine rings is 1. The fraction of sp³-hybridized carbons (Fsp3) is 0.286. The Labute approximate surface area is 178 Å². The number of benzene rings is 2. The standard InChI is InChI=1S/C21H19Cl2N5O/c22-18-4-2-14(10-19(18)23)12-25-20-17-9-13(11-24)1-3-16(17)21(27-26-20)28-7-5-15(29)6-8-28/h1-4,9-10,15,29H,5-8,12H2,(H,25,26). The van der Waals surface area contributed by atoms with E-state index in [0.29, 0.717) is 40.8 Å². The van der Waals surface area contributed by atoms with Gasteiger partial charge in [-0.15, -0.1) is 10.2 Å². The van der Waals surface area contributed by atoms with Crippen LogP contribution < -0.4 is 10.2 Å². The van der Waals surface area contributed by atoms with Gasteiger partial charge in [-0.05, 0) is 48.7 Å².